The molecule has 0 saturated carbocycles. The number of halogens is 1. The molecular weight excluding hydrogens is 206 g/mol. The highest BCUT2D eigenvalue weighted by Gasteiger charge is 2.01. The summed E-state index contributed by atoms with van der Waals surface area (Å²) in [6.45, 7) is 1.57. The third-order valence-corrected chi connectivity index (χ3v) is 1.99. The summed E-state index contributed by atoms with van der Waals surface area (Å²) >= 11 is 3.26. The van der Waals surface area contributed by atoms with Crippen LogP contribution in [0.5, 0.6) is 0 Å². The van der Waals surface area contributed by atoms with Gasteiger partial charge in [-0.25, -0.2) is 4.98 Å². The lowest BCUT2D eigenvalue weighted by Gasteiger charge is -1.98. The van der Waals surface area contributed by atoms with Crippen molar-refractivity contribution in [1.82, 2.24) is 4.98 Å². The van der Waals surface area contributed by atoms with Crippen LogP contribution in [0, 0.1) is 0 Å². The van der Waals surface area contributed by atoms with Crippen molar-refractivity contribution < 1.29 is 4.79 Å². The van der Waals surface area contributed by atoms with E-state index in [0.717, 1.165) is 10.2 Å². The molecule has 3 heteroatoms. The van der Waals surface area contributed by atoms with Crippen molar-refractivity contribution in [2.75, 3.05) is 0 Å². The lowest BCUT2D eigenvalue weighted by atomic mass is 10.2. The van der Waals surface area contributed by atoms with Crippen LogP contribution in [0.15, 0.2) is 22.9 Å². The topological polar surface area (TPSA) is 30.0 Å². The normalized spacial score (nSPS) is 9.64. The summed E-state index contributed by atoms with van der Waals surface area (Å²) in [7, 11) is 0. The third kappa shape index (κ3) is 2.42. The van der Waals surface area contributed by atoms with Crippen LogP contribution in [-0.2, 0) is 11.2 Å². The Morgan fingerprint density at radius 3 is 3.00 bits per heavy atom. The van der Waals surface area contributed by atoms with Gasteiger partial charge in [-0.05, 0) is 34.5 Å². The van der Waals surface area contributed by atoms with E-state index in [2.05, 4.69) is 20.9 Å². The minimum atomic E-state index is 0.152. The summed E-state index contributed by atoms with van der Waals surface area (Å²) in [6.07, 6.45) is 2.14. The third-order valence-electron chi connectivity index (χ3n) is 1.28. The van der Waals surface area contributed by atoms with Crippen molar-refractivity contribution in [2.24, 2.45) is 0 Å². The number of Topliss-reactive ketones (excluding diaryl/α,β-unsaturated/α-hetero) is 1. The Morgan fingerprint density at radius 2 is 2.45 bits per heavy atom. The first-order valence-corrected chi connectivity index (χ1v) is 4.08. The zero-order valence-electron chi connectivity index (χ0n) is 6.17. The molecule has 0 atom stereocenters. The Labute approximate surface area is 73.8 Å². The molecule has 0 aliphatic rings. The highest BCUT2D eigenvalue weighted by molar-refractivity contribution is 9.10. The molecule has 0 aliphatic carbocycles. The molecule has 11 heavy (non-hydrogen) atoms. The fourth-order valence-electron chi connectivity index (χ4n) is 0.819. The van der Waals surface area contributed by atoms with Crippen LogP contribution in [-0.4, -0.2) is 10.8 Å². The first-order chi connectivity index (χ1) is 5.20. The van der Waals surface area contributed by atoms with Crippen molar-refractivity contribution in [2.45, 2.75) is 13.3 Å². The molecule has 1 aromatic heterocycles. The maximum Gasteiger partial charge on any atom is 0.134 e. The first kappa shape index (κ1) is 8.40. The van der Waals surface area contributed by atoms with E-state index in [1.165, 1.54) is 0 Å². The Balaban J connectivity index is 2.86. The van der Waals surface area contributed by atoms with Crippen LogP contribution in [0.4, 0.5) is 0 Å². The number of aromatic nitrogens is 1. The summed E-state index contributed by atoms with van der Waals surface area (Å²) in [5, 5.41) is 0. The van der Waals surface area contributed by atoms with Gasteiger partial charge >= 0.3 is 0 Å². The molecule has 0 unspecified atom stereocenters. The number of ketones is 1. The van der Waals surface area contributed by atoms with E-state index in [1.54, 1.807) is 13.1 Å². The molecule has 0 bridgehead atoms. The van der Waals surface area contributed by atoms with Crippen molar-refractivity contribution in [3.8, 4) is 0 Å². The van der Waals surface area contributed by atoms with Gasteiger partial charge in [0.05, 0.1) is 0 Å². The van der Waals surface area contributed by atoms with Crippen molar-refractivity contribution in [3.63, 3.8) is 0 Å². The molecule has 0 aliphatic heterocycles. The first-order valence-electron chi connectivity index (χ1n) is 3.29. The van der Waals surface area contributed by atoms with Gasteiger partial charge in [0.15, 0.2) is 0 Å². The van der Waals surface area contributed by atoms with E-state index in [4.69, 9.17) is 0 Å². The van der Waals surface area contributed by atoms with E-state index >= 15 is 0 Å². The molecule has 0 N–H and O–H groups in total. The standard InChI is InChI=1S/C8H8BrNO/c1-6(11)5-7-3-2-4-10-8(7)9/h2-4H,5H2,1H3. The Kier molecular flexibility index (Phi) is 2.76. The van der Waals surface area contributed by atoms with Crippen molar-refractivity contribution >= 4 is 21.7 Å². The molecule has 0 aromatic carbocycles. The van der Waals surface area contributed by atoms with Gasteiger partial charge < -0.3 is 0 Å². The molecular formula is C8H8BrNO. The van der Waals surface area contributed by atoms with Crippen LogP contribution in [0.2, 0.25) is 0 Å². The fraction of sp³-hybridized carbons (Fsp3) is 0.250. The summed E-state index contributed by atoms with van der Waals surface area (Å²) < 4.78 is 0.759. The molecule has 2 nitrogen and oxygen atoms in total. The van der Waals surface area contributed by atoms with E-state index < -0.39 is 0 Å². The maximum atomic E-state index is 10.7. The zero-order chi connectivity index (χ0) is 8.27. The molecule has 58 valence electrons. The second-order valence-electron chi connectivity index (χ2n) is 2.33. The van der Waals surface area contributed by atoms with E-state index in [-0.39, 0.29) is 5.78 Å². The number of pyridine rings is 1. The quantitative estimate of drug-likeness (QED) is 0.704. The number of rotatable bonds is 2. The summed E-state index contributed by atoms with van der Waals surface area (Å²) in [5.41, 5.74) is 0.944. The lowest BCUT2D eigenvalue weighted by Crippen LogP contribution is -1.97. The minimum Gasteiger partial charge on any atom is -0.300 e. The molecule has 0 saturated heterocycles. The van der Waals surface area contributed by atoms with Crippen molar-refractivity contribution in [3.05, 3.63) is 28.5 Å². The number of carbonyl (C=O) groups is 1. The summed E-state index contributed by atoms with van der Waals surface area (Å²) in [4.78, 5) is 14.7. The Morgan fingerprint density at radius 1 is 1.73 bits per heavy atom. The van der Waals surface area contributed by atoms with E-state index in [9.17, 15) is 4.79 Å². The predicted octanol–water partition coefficient (Wildman–Crippen LogP) is 1.98. The van der Waals surface area contributed by atoms with Gasteiger partial charge in [0.25, 0.3) is 0 Å². The molecule has 0 fully saturated rings. The Bertz CT molecular complexity index is 273. The molecule has 0 spiro atoms. The predicted molar refractivity (Wildman–Crippen MR) is 46.3 cm³/mol. The van der Waals surface area contributed by atoms with Gasteiger partial charge in [0, 0.05) is 12.6 Å². The second kappa shape index (κ2) is 3.62. The van der Waals surface area contributed by atoms with Crippen molar-refractivity contribution in [1.29, 1.82) is 0 Å². The van der Waals surface area contributed by atoms with Gasteiger partial charge in [0.2, 0.25) is 0 Å². The zero-order valence-corrected chi connectivity index (χ0v) is 7.76. The highest BCUT2D eigenvalue weighted by atomic mass is 79.9. The second-order valence-corrected chi connectivity index (χ2v) is 3.08. The molecule has 1 aromatic rings. The average molecular weight is 214 g/mol. The number of nitrogens with zero attached hydrogens (tertiary/aromatic N) is 1. The van der Waals surface area contributed by atoms with Gasteiger partial charge in [-0.1, -0.05) is 6.07 Å². The summed E-state index contributed by atoms with van der Waals surface area (Å²) in [6, 6.07) is 3.71. The number of hydrogen-bond donors (Lipinski definition) is 0. The molecule has 0 radical (unpaired) electrons. The number of hydrogen-bond acceptors (Lipinski definition) is 2. The smallest absolute Gasteiger partial charge is 0.134 e. The van der Waals surface area contributed by atoms with Gasteiger partial charge in [-0.2, -0.15) is 0 Å². The van der Waals surface area contributed by atoms with Crippen LogP contribution >= 0.6 is 15.9 Å². The van der Waals surface area contributed by atoms with Crippen LogP contribution < -0.4 is 0 Å². The van der Waals surface area contributed by atoms with Crippen LogP contribution in [0.25, 0.3) is 0 Å². The SMILES string of the molecule is CC(=O)Cc1cccnc1Br. The van der Waals surface area contributed by atoms with Gasteiger partial charge in [-0.3, -0.25) is 4.79 Å². The van der Waals surface area contributed by atoms with Gasteiger partial charge in [0.1, 0.15) is 10.4 Å². The van der Waals surface area contributed by atoms with E-state index in [1.807, 2.05) is 12.1 Å². The Hall–Kier alpha value is -0.700. The highest BCUT2D eigenvalue weighted by Crippen LogP contribution is 2.12. The monoisotopic (exact) mass is 213 g/mol. The minimum absolute atomic E-state index is 0.152. The number of carbonyl (C=O) groups excluding carboxylic acids is 1. The van der Waals surface area contributed by atoms with Crippen LogP contribution in [0.3, 0.4) is 0 Å². The fourth-order valence-corrected chi connectivity index (χ4v) is 1.21. The maximum absolute atomic E-state index is 10.7. The molecule has 1 heterocycles. The summed E-state index contributed by atoms with van der Waals surface area (Å²) in [5.74, 6) is 0.152. The lowest BCUT2D eigenvalue weighted by molar-refractivity contribution is -0.116. The van der Waals surface area contributed by atoms with Crippen LogP contribution in [0.1, 0.15) is 12.5 Å². The molecule has 1 rings (SSSR count). The van der Waals surface area contributed by atoms with E-state index in [0.29, 0.717) is 6.42 Å². The average Bonchev–Trinajstić information content (AvgIpc) is 1.93. The molecule has 0 amide bonds. The van der Waals surface area contributed by atoms with Gasteiger partial charge in [-0.15, -0.1) is 0 Å². The largest absolute Gasteiger partial charge is 0.300 e.